The number of phenols is 1. The third kappa shape index (κ3) is 6.64. The highest BCUT2D eigenvalue weighted by molar-refractivity contribution is 14.1. The van der Waals surface area contributed by atoms with E-state index in [0.29, 0.717) is 25.1 Å². The topological polar surface area (TPSA) is 68.2 Å². The van der Waals surface area contributed by atoms with Gasteiger partial charge in [0.15, 0.2) is 11.5 Å². The number of benzene rings is 2. The van der Waals surface area contributed by atoms with Crippen molar-refractivity contribution in [2.24, 2.45) is 0 Å². The van der Waals surface area contributed by atoms with Crippen molar-refractivity contribution in [2.45, 2.75) is 32.2 Å². The van der Waals surface area contributed by atoms with E-state index in [2.05, 4.69) is 42.2 Å². The zero-order chi connectivity index (χ0) is 23.1. The lowest BCUT2D eigenvalue weighted by atomic mass is 9.78. The SMILES string of the molecule is C=C(COc1ccccc1)C1=CCB(O)OC1CC/C(C)=C/c1cc(I)c(O)c(OC)c1. The van der Waals surface area contributed by atoms with Gasteiger partial charge in [-0.05, 0) is 83.3 Å². The van der Waals surface area contributed by atoms with Gasteiger partial charge in [0.25, 0.3) is 0 Å². The van der Waals surface area contributed by atoms with Crippen LogP contribution in [0, 0.1) is 3.57 Å². The molecular weight excluding hydrogens is 518 g/mol. The van der Waals surface area contributed by atoms with Crippen LogP contribution in [-0.4, -0.2) is 37.1 Å². The molecule has 2 N–H and O–H groups in total. The van der Waals surface area contributed by atoms with Gasteiger partial charge in [-0.15, -0.1) is 0 Å². The van der Waals surface area contributed by atoms with Gasteiger partial charge < -0.3 is 24.3 Å². The number of rotatable bonds is 9. The van der Waals surface area contributed by atoms with Crippen molar-refractivity contribution < 1.29 is 24.3 Å². The van der Waals surface area contributed by atoms with Crippen LogP contribution in [0.2, 0.25) is 6.32 Å². The molecule has 32 heavy (non-hydrogen) atoms. The number of halogens is 1. The molecule has 0 saturated carbocycles. The summed E-state index contributed by atoms with van der Waals surface area (Å²) >= 11 is 2.09. The quantitative estimate of drug-likeness (QED) is 0.316. The first kappa shape index (κ1) is 24.4. The molecule has 0 saturated heterocycles. The molecule has 168 valence electrons. The van der Waals surface area contributed by atoms with E-state index in [0.717, 1.165) is 38.0 Å². The number of aromatic hydroxyl groups is 1. The Morgan fingerprint density at radius 2 is 2.06 bits per heavy atom. The third-order valence-corrected chi connectivity index (χ3v) is 6.08. The maximum Gasteiger partial charge on any atom is 0.458 e. The van der Waals surface area contributed by atoms with Crippen molar-refractivity contribution in [3.05, 3.63) is 81.0 Å². The summed E-state index contributed by atoms with van der Waals surface area (Å²) in [4.78, 5) is 0. The summed E-state index contributed by atoms with van der Waals surface area (Å²) < 4.78 is 17.7. The minimum atomic E-state index is -0.807. The average Bonchev–Trinajstić information content (AvgIpc) is 2.79. The van der Waals surface area contributed by atoms with E-state index < -0.39 is 7.12 Å². The first-order valence-corrected chi connectivity index (χ1v) is 11.6. The number of hydrogen-bond donors (Lipinski definition) is 2. The molecule has 0 radical (unpaired) electrons. The summed E-state index contributed by atoms with van der Waals surface area (Å²) in [6.07, 6.45) is 5.76. The largest absolute Gasteiger partial charge is 0.504 e. The average molecular weight is 546 g/mol. The minimum absolute atomic E-state index is 0.151. The maximum absolute atomic E-state index is 10.0. The van der Waals surface area contributed by atoms with Crippen LogP contribution in [0.5, 0.6) is 17.2 Å². The Kier molecular flexibility index (Phi) is 8.84. The van der Waals surface area contributed by atoms with E-state index >= 15 is 0 Å². The predicted molar refractivity (Wildman–Crippen MR) is 137 cm³/mol. The van der Waals surface area contributed by atoms with Crippen LogP contribution in [0.3, 0.4) is 0 Å². The monoisotopic (exact) mass is 546 g/mol. The van der Waals surface area contributed by atoms with Gasteiger partial charge in [0.05, 0.1) is 16.8 Å². The summed E-state index contributed by atoms with van der Waals surface area (Å²) in [7, 11) is 0.734. The van der Waals surface area contributed by atoms with E-state index in [1.807, 2.05) is 48.5 Å². The van der Waals surface area contributed by atoms with Crippen molar-refractivity contribution in [1.82, 2.24) is 0 Å². The van der Waals surface area contributed by atoms with Gasteiger partial charge in [-0.25, -0.2) is 0 Å². The highest BCUT2D eigenvalue weighted by atomic mass is 127. The van der Waals surface area contributed by atoms with E-state index in [9.17, 15) is 10.1 Å². The number of ether oxygens (including phenoxy) is 2. The molecule has 1 aliphatic heterocycles. The molecule has 2 aromatic carbocycles. The molecule has 0 aromatic heterocycles. The Morgan fingerprint density at radius 3 is 2.78 bits per heavy atom. The van der Waals surface area contributed by atoms with Crippen LogP contribution in [0.25, 0.3) is 6.08 Å². The van der Waals surface area contributed by atoms with Gasteiger partial charge in [0, 0.05) is 6.32 Å². The zero-order valence-electron chi connectivity index (χ0n) is 18.4. The Morgan fingerprint density at radius 1 is 1.31 bits per heavy atom. The fraction of sp³-hybridized carbons (Fsp3) is 0.280. The molecule has 1 atom stereocenters. The molecule has 0 aliphatic carbocycles. The first-order valence-electron chi connectivity index (χ1n) is 10.5. The van der Waals surface area contributed by atoms with Crippen LogP contribution in [0.4, 0.5) is 0 Å². The number of methoxy groups -OCH3 is 1. The predicted octanol–water partition coefficient (Wildman–Crippen LogP) is 5.63. The van der Waals surface area contributed by atoms with E-state index in [4.69, 9.17) is 14.1 Å². The van der Waals surface area contributed by atoms with Crippen molar-refractivity contribution in [2.75, 3.05) is 13.7 Å². The van der Waals surface area contributed by atoms with E-state index in [1.54, 1.807) is 7.11 Å². The molecule has 0 bridgehead atoms. The molecule has 1 unspecified atom stereocenters. The summed E-state index contributed by atoms with van der Waals surface area (Å²) in [5.74, 6) is 1.40. The van der Waals surface area contributed by atoms with Gasteiger partial charge in [-0.3, -0.25) is 0 Å². The molecule has 1 heterocycles. The summed E-state index contributed by atoms with van der Waals surface area (Å²) in [6.45, 7) is 6.62. The second kappa shape index (κ2) is 11.6. The fourth-order valence-corrected chi connectivity index (χ4v) is 4.22. The Labute approximate surface area is 203 Å². The van der Waals surface area contributed by atoms with Crippen LogP contribution >= 0.6 is 22.6 Å². The van der Waals surface area contributed by atoms with Crippen LogP contribution in [0.15, 0.2) is 71.8 Å². The molecule has 5 nitrogen and oxygen atoms in total. The van der Waals surface area contributed by atoms with E-state index in [-0.39, 0.29) is 11.9 Å². The molecule has 0 fully saturated rings. The van der Waals surface area contributed by atoms with Crippen molar-refractivity contribution in [3.8, 4) is 17.2 Å². The van der Waals surface area contributed by atoms with Crippen molar-refractivity contribution >= 4 is 35.8 Å². The van der Waals surface area contributed by atoms with Gasteiger partial charge in [0.1, 0.15) is 12.4 Å². The standard InChI is InChI=1S/C25H28BIO5/c1-17(13-19-14-22(27)25(28)24(15-19)30-3)9-10-23-21(11-12-26(29)32-23)18(2)16-31-20-7-5-4-6-8-20/h4-8,11,13-15,23,28-29H,2,9-10,12,16H2,1,3H3/b17-13+. The fourth-order valence-electron chi connectivity index (χ4n) is 3.59. The lowest BCUT2D eigenvalue weighted by Crippen LogP contribution is -2.32. The summed E-state index contributed by atoms with van der Waals surface area (Å²) in [6, 6.07) is 13.4. The molecule has 7 heteroatoms. The van der Waals surface area contributed by atoms with Crippen molar-refractivity contribution in [1.29, 1.82) is 0 Å². The highest BCUT2D eigenvalue weighted by Gasteiger charge is 2.28. The number of para-hydroxylation sites is 1. The summed E-state index contributed by atoms with van der Waals surface area (Å²) in [5.41, 5.74) is 3.95. The van der Waals surface area contributed by atoms with Gasteiger partial charge in [-0.1, -0.05) is 42.5 Å². The van der Waals surface area contributed by atoms with Crippen molar-refractivity contribution in [3.63, 3.8) is 0 Å². The van der Waals surface area contributed by atoms with Crippen LogP contribution in [-0.2, 0) is 4.65 Å². The Balaban J connectivity index is 1.64. The zero-order valence-corrected chi connectivity index (χ0v) is 20.5. The van der Waals surface area contributed by atoms with Gasteiger partial charge in [0.2, 0.25) is 0 Å². The molecule has 0 amide bonds. The molecule has 3 rings (SSSR count). The normalized spacial score (nSPS) is 16.5. The van der Waals surface area contributed by atoms with Crippen LogP contribution < -0.4 is 9.47 Å². The Hall–Kier alpha value is -2.23. The number of phenolic OH excluding ortho intramolecular Hbond substituents is 1. The lowest BCUT2D eigenvalue weighted by molar-refractivity contribution is 0.181. The molecular formula is C25H28BIO5. The first-order chi connectivity index (χ1) is 15.4. The maximum atomic E-state index is 10.0. The number of hydrogen-bond acceptors (Lipinski definition) is 5. The summed E-state index contributed by atoms with van der Waals surface area (Å²) in [5, 5.41) is 20.1. The smallest absolute Gasteiger partial charge is 0.458 e. The van der Waals surface area contributed by atoms with E-state index in [1.165, 1.54) is 0 Å². The Bertz CT molecular complexity index is 1000. The second-order valence-corrected chi connectivity index (χ2v) is 8.92. The molecule has 1 aliphatic rings. The lowest BCUT2D eigenvalue weighted by Gasteiger charge is -2.28. The highest BCUT2D eigenvalue weighted by Crippen LogP contribution is 2.34. The number of allylic oxidation sites excluding steroid dienone is 2. The molecule has 0 spiro atoms. The van der Waals surface area contributed by atoms with Gasteiger partial charge in [-0.2, -0.15) is 0 Å². The molecule has 2 aromatic rings. The van der Waals surface area contributed by atoms with Crippen LogP contribution in [0.1, 0.15) is 25.3 Å². The third-order valence-electron chi connectivity index (χ3n) is 5.26. The van der Waals surface area contributed by atoms with Gasteiger partial charge >= 0.3 is 7.12 Å². The minimum Gasteiger partial charge on any atom is -0.504 e. The second-order valence-electron chi connectivity index (χ2n) is 7.76.